The van der Waals surface area contributed by atoms with Gasteiger partial charge in [0.25, 0.3) is 0 Å². The summed E-state index contributed by atoms with van der Waals surface area (Å²) in [6.07, 6.45) is 2.03. The Labute approximate surface area is 161 Å². The van der Waals surface area contributed by atoms with E-state index in [0.717, 1.165) is 0 Å². The molecular formula is C17H21BN4O6. The van der Waals surface area contributed by atoms with E-state index in [4.69, 9.17) is 15.1 Å². The zero-order valence-corrected chi connectivity index (χ0v) is 15.2. The molecule has 0 unspecified atom stereocenters. The van der Waals surface area contributed by atoms with Crippen molar-refractivity contribution in [1.82, 2.24) is 15.0 Å². The monoisotopic (exact) mass is 388 g/mol. The van der Waals surface area contributed by atoms with Crippen molar-refractivity contribution in [2.24, 2.45) is 5.73 Å². The van der Waals surface area contributed by atoms with Crippen LogP contribution in [0.3, 0.4) is 0 Å². The molecule has 10 nitrogen and oxygen atoms in total. The van der Waals surface area contributed by atoms with Gasteiger partial charge >= 0.3 is 13.1 Å². The summed E-state index contributed by atoms with van der Waals surface area (Å²) in [6, 6.07) is 4.76. The van der Waals surface area contributed by atoms with E-state index in [1.807, 2.05) is 0 Å². The molecule has 11 heteroatoms. The molecule has 1 aromatic carbocycles. The molecule has 28 heavy (non-hydrogen) atoms. The molecule has 4 N–H and O–H groups in total. The fraction of sp³-hybridized carbons (Fsp3) is 0.412. The highest BCUT2D eigenvalue weighted by molar-refractivity contribution is 6.47. The summed E-state index contributed by atoms with van der Waals surface area (Å²) in [4.78, 5) is 23.7. The standard InChI is InChI=1S/C17H21BN4O6/c19-4-5-27-10-13-8-22(21-20-13)9-14(23)7-12-6-11-2-1-3-15(17(24)25)16(11)28-18(12)26/h1-3,8,12,26H,4-7,9-10,19H2,(H,24,25)/t12-/m1/s1. The molecule has 0 fully saturated rings. The van der Waals surface area contributed by atoms with Gasteiger partial charge in [-0.1, -0.05) is 17.3 Å². The molecular weight excluding hydrogens is 367 g/mol. The summed E-state index contributed by atoms with van der Waals surface area (Å²) in [7, 11) is -1.26. The van der Waals surface area contributed by atoms with Crippen LogP contribution in [-0.2, 0) is 29.1 Å². The van der Waals surface area contributed by atoms with Gasteiger partial charge in [-0.15, -0.1) is 5.10 Å². The molecule has 1 atom stereocenters. The number of aromatic nitrogens is 3. The average Bonchev–Trinajstić information content (AvgIpc) is 3.09. The van der Waals surface area contributed by atoms with Crippen LogP contribution in [0.15, 0.2) is 24.4 Å². The first-order valence-electron chi connectivity index (χ1n) is 8.86. The third-order valence-corrected chi connectivity index (χ3v) is 4.38. The Morgan fingerprint density at radius 3 is 3.00 bits per heavy atom. The number of carbonyl (C=O) groups excluding carboxylic acids is 1. The molecule has 2 heterocycles. The minimum Gasteiger partial charge on any atom is -0.535 e. The number of carbonyl (C=O) groups is 2. The first-order valence-corrected chi connectivity index (χ1v) is 8.86. The summed E-state index contributed by atoms with van der Waals surface area (Å²) in [5.41, 5.74) is 6.59. The number of carboxylic acids is 1. The molecule has 148 valence electrons. The smallest absolute Gasteiger partial charge is 0.526 e. The largest absolute Gasteiger partial charge is 0.535 e. The normalized spacial score (nSPS) is 15.8. The summed E-state index contributed by atoms with van der Waals surface area (Å²) < 4.78 is 12.1. The number of nitrogens with zero attached hydrogens (tertiary/aromatic N) is 3. The van der Waals surface area contributed by atoms with Crippen molar-refractivity contribution < 1.29 is 29.1 Å². The highest BCUT2D eigenvalue weighted by Gasteiger charge is 2.37. The molecule has 0 radical (unpaired) electrons. The number of aromatic carboxylic acids is 1. The van der Waals surface area contributed by atoms with Crippen LogP contribution in [0.25, 0.3) is 0 Å². The Kier molecular flexibility index (Phi) is 6.39. The lowest BCUT2D eigenvalue weighted by molar-refractivity contribution is -0.120. The van der Waals surface area contributed by atoms with Crippen molar-refractivity contribution in [3.63, 3.8) is 0 Å². The maximum Gasteiger partial charge on any atom is 0.526 e. The molecule has 1 aliphatic rings. The highest BCUT2D eigenvalue weighted by atomic mass is 16.5. The minimum absolute atomic E-state index is 0.00618. The maximum absolute atomic E-state index is 12.4. The van der Waals surface area contributed by atoms with Crippen LogP contribution in [0.2, 0.25) is 5.82 Å². The van der Waals surface area contributed by atoms with E-state index in [1.165, 1.54) is 10.7 Å². The van der Waals surface area contributed by atoms with Crippen molar-refractivity contribution in [2.45, 2.75) is 31.8 Å². The van der Waals surface area contributed by atoms with E-state index in [1.54, 1.807) is 18.3 Å². The number of benzene rings is 1. The number of nitrogens with two attached hydrogens (primary N) is 1. The first kappa shape index (κ1) is 20.0. The van der Waals surface area contributed by atoms with E-state index in [0.29, 0.717) is 30.8 Å². The van der Waals surface area contributed by atoms with Crippen LogP contribution in [0, 0.1) is 0 Å². The minimum atomic E-state index is -1.26. The van der Waals surface area contributed by atoms with Crippen LogP contribution in [0.1, 0.15) is 28.0 Å². The maximum atomic E-state index is 12.4. The van der Waals surface area contributed by atoms with Crippen LogP contribution in [0.4, 0.5) is 0 Å². The van der Waals surface area contributed by atoms with Gasteiger partial charge in [0.2, 0.25) is 0 Å². The third-order valence-electron chi connectivity index (χ3n) is 4.38. The second kappa shape index (κ2) is 8.96. The van der Waals surface area contributed by atoms with Gasteiger partial charge in [-0.2, -0.15) is 0 Å². The summed E-state index contributed by atoms with van der Waals surface area (Å²) in [6.45, 7) is 1.10. The van der Waals surface area contributed by atoms with Gasteiger partial charge in [0.05, 0.1) is 25.0 Å². The van der Waals surface area contributed by atoms with E-state index >= 15 is 0 Å². The Bertz CT molecular complexity index is 858. The number of hydrogen-bond donors (Lipinski definition) is 3. The zero-order chi connectivity index (χ0) is 20.1. The van der Waals surface area contributed by atoms with Crippen LogP contribution < -0.4 is 10.4 Å². The molecule has 0 saturated carbocycles. The van der Waals surface area contributed by atoms with Gasteiger partial charge in [-0.25, -0.2) is 9.48 Å². The van der Waals surface area contributed by atoms with E-state index < -0.39 is 18.9 Å². The number of fused-ring (bicyclic) bond motifs is 1. The lowest BCUT2D eigenvalue weighted by Crippen LogP contribution is -2.36. The number of ether oxygens (including phenoxy) is 1. The van der Waals surface area contributed by atoms with E-state index in [-0.39, 0.29) is 36.7 Å². The van der Waals surface area contributed by atoms with Crippen LogP contribution >= 0.6 is 0 Å². The highest BCUT2D eigenvalue weighted by Crippen LogP contribution is 2.36. The Morgan fingerprint density at radius 2 is 2.25 bits per heavy atom. The predicted octanol–water partition coefficient (Wildman–Crippen LogP) is -0.103. The van der Waals surface area contributed by atoms with Crippen molar-refractivity contribution in [3.05, 3.63) is 41.2 Å². The molecule has 3 rings (SSSR count). The lowest BCUT2D eigenvalue weighted by Gasteiger charge is -2.27. The predicted molar refractivity (Wildman–Crippen MR) is 97.8 cm³/mol. The topological polar surface area (TPSA) is 150 Å². The Morgan fingerprint density at radius 1 is 1.43 bits per heavy atom. The zero-order valence-electron chi connectivity index (χ0n) is 15.2. The fourth-order valence-electron chi connectivity index (χ4n) is 3.11. The number of carboxylic acid groups (broad SMARTS) is 1. The molecule has 2 aromatic rings. The first-order chi connectivity index (χ1) is 13.5. The van der Waals surface area contributed by atoms with Crippen molar-refractivity contribution in [1.29, 1.82) is 0 Å². The van der Waals surface area contributed by atoms with E-state index in [2.05, 4.69) is 10.3 Å². The Hall–Kier alpha value is -2.76. The molecule has 1 aromatic heterocycles. The van der Waals surface area contributed by atoms with Crippen LogP contribution in [0.5, 0.6) is 5.75 Å². The second-order valence-corrected chi connectivity index (χ2v) is 6.56. The molecule has 0 aliphatic carbocycles. The molecule has 0 spiro atoms. The van der Waals surface area contributed by atoms with Crippen molar-refractivity contribution in [3.8, 4) is 5.75 Å². The second-order valence-electron chi connectivity index (χ2n) is 6.56. The SMILES string of the molecule is NCCOCc1cn(CC(=O)C[C@H]2Cc3cccc(C(=O)O)c3OB2O)nn1. The van der Waals surface area contributed by atoms with Crippen molar-refractivity contribution >= 4 is 18.9 Å². The fourth-order valence-corrected chi connectivity index (χ4v) is 3.11. The summed E-state index contributed by atoms with van der Waals surface area (Å²) >= 11 is 0. The number of rotatable bonds is 9. The van der Waals surface area contributed by atoms with Gasteiger partial charge in [-0.05, 0) is 18.1 Å². The molecule has 0 bridgehead atoms. The quantitative estimate of drug-likeness (QED) is 0.395. The summed E-state index contributed by atoms with van der Waals surface area (Å²) in [5, 5.41) is 27.3. The van der Waals surface area contributed by atoms with Gasteiger partial charge in [0.1, 0.15) is 18.0 Å². The van der Waals surface area contributed by atoms with Crippen molar-refractivity contribution in [2.75, 3.05) is 13.2 Å². The lowest BCUT2D eigenvalue weighted by atomic mass is 9.64. The molecule has 1 aliphatic heterocycles. The van der Waals surface area contributed by atoms with Gasteiger partial charge in [0.15, 0.2) is 5.78 Å². The van der Waals surface area contributed by atoms with Gasteiger partial charge < -0.3 is 25.3 Å². The third kappa shape index (κ3) is 4.74. The van der Waals surface area contributed by atoms with E-state index in [9.17, 15) is 19.7 Å². The number of Topliss-reactive ketones (excluding diaryl/α,β-unsaturated/α-hetero) is 1. The van der Waals surface area contributed by atoms with Gasteiger partial charge in [-0.3, -0.25) is 4.79 Å². The molecule has 0 saturated heterocycles. The number of hydrogen-bond acceptors (Lipinski definition) is 8. The number of ketones is 1. The summed E-state index contributed by atoms with van der Waals surface area (Å²) in [5.74, 6) is -1.59. The van der Waals surface area contributed by atoms with Gasteiger partial charge in [0, 0.05) is 18.8 Å². The number of para-hydroxylation sites is 1. The Balaban J connectivity index is 1.59. The van der Waals surface area contributed by atoms with Crippen LogP contribution in [-0.4, -0.2) is 57.1 Å². The average molecular weight is 388 g/mol. The molecule has 0 amide bonds.